The number of carbonyl (C=O) groups is 1. The third-order valence-electron chi connectivity index (χ3n) is 2.54. The molecule has 20 heavy (non-hydrogen) atoms. The summed E-state index contributed by atoms with van der Waals surface area (Å²) < 4.78 is 29.5. The van der Waals surface area contributed by atoms with Gasteiger partial charge < -0.3 is 4.74 Å². The molecule has 2 aromatic rings. The Morgan fingerprint density at radius 3 is 2.50 bits per heavy atom. The predicted octanol–water partition coefficient (Wildman–Crippen LogP) is 3.52. The molecule has 104 valence electrons. The Hall–Kier alpha value is -2.08. The average Bonchev–Trinajstić information content (AvgIpc) is 2.47. The molecular weight excluding hydrogens is 290 g/mol. The minimum atomic E-state index is -2.54. The summed E-state index contributed by atoms with van der Waals surface area (Å²) in [5.74, 6) is -0.488. The van der Waals surface area contributed by atoms with Crippen LogP contribution in [0.25, 0.3) is 11.4 Å². The van der Waals surface area contributed by atoms with Crippen molar-refractivity contribution in [3.63, 3.8) is 0 Å². The molecule has 0 saturated heterocycles. The molecule has 0 saturated carbocycles. The smallest absolute Gasteiger partial charge is 0.358 e. The van der Waals surface area contributed by atoms with Crippen LogP contribution in [0, 0.1) is 0 Å². The minimum absolute atomic E-state index is 0.0600. The third-order valence-corrected chi connectivity index (χ3v) is 2.82. The van der Waals surface area contributed by atoms with E-state index in [0.717, 1.165) is 0 Å². The zero-order valence-electron chi connectivity index (χ0n) is 10.3. The molecule has 2 rings (SSSR count). The first-order valence-corrected chi connectivity index (χ1v) is 5.90. The quantitative estimate of drug-likeness (QED) is 0.814. The van der Waals surface area contributed by atoms with Crippen LogP contribution in [-0.4, -0.2) is 23.0 Å². The van der Waals surface area contributed by atoms with Gasteiger partial charge in [-0.3, -0.25) is 0 Å². The van der Waals surface area contributed by atoms with Gasteiger partial charge in [0.1, 0.15) is 0 Å². The highest BCUT2D eigenvalue weighted by Crippen LogP contribution is 2.23. The normalized spacial score (nSPS) is 10.7. The van der Waals surface area contributed by atoms with E-state index in [-0.39, 0.29) is 22.1 Å². The van der Waals surface area contributed by atoms with Crippen molar-refractivity contribution in [3.8, 4) is 11.4 Å². The second kappa shape index (κ2) is 5.92. The monoisotopic (exact) mass is 298 g/mol. The number of ether oxygens (including phenoxy) is 1. The van der Waals surface area contributed by atoms with E-state index in [0.29, 0.717) is 5.56 Å². The first-order chi connectivity index (χ1) is 9.52. The van der Waals surface area contributed by atoms with Crippen molar-refractivity contribution < 1.29 is 18.3 Å². The van der Waals surface area contributed by atoms with E-state index < -0.39 is 12.4 Å². The standard InChI is InChI=1S/C13H9ClF2N2O2/c1-20-13(19)10-9(14)6-17-12(18-10)8-4-2-7(3-5-8)11(15)16/h2-6,11H,1H3. The largest absolute Gasteiger partial charge is 0.464 e. The van der Waals surface area contributed by atoms with Crippen LogP contribution in [-0.2, 0) is 4.74 Å². The number of benzene rings is 1. The number of methoxy groups -OCH3 is 1. The lowest BCUT2D eigenvalue weighted by atomic mass is 10.1. The molecule has 0 spiro atoms. The molecule has 0 aliphatic rings. The third kappa shape index (κ3) is 2.91. The molecule has 1 heterocycles. The van der Waals surface area contributed by atoms with Gasteiger partial charge in [-0.15, -0.1) is 0 Å². The number of aromatic nitrogens is 2. The highest BCUT2D eigenvalue weighted by molar-refractivity contribution is 6.33. The molecule has 0 bridgehead atoms. The van der Waals surface area contributed by atoms with Gasteiger partial charge in [-0.1, -0.05) is 35.9 Å². The van der Waals surface area contributed by atoms with E-state index in [1.807, 2.05) is 0 Å². The van der Waals surface area contributed by atoms with Crippen LogP contribution in [0.3, 0.4) is 0 Å². The first kappa shape index (κ1) is 14.3. The SMILES string of the molecule is COC(=O)c1nc(-c2ccc(C(F)F)cc2)ncc1Cl. The van der Waals surface area contributed by atoms with Crippen LogP contribution in [0.1, 0.15) is 22.5 Å². The van der Waals surface area contributed by atoms with Gasteiger partial charge in [0.15, 0.2) is 11.5 Å². The Bertz CT molecular complexity index is 633. The maximum atomic E-state index is 12.5. The summed E-state index contributed by atoms with van der Waals surface area (Å²) >= 11 is 5.80. The van der Waals surface area contributed by atoms with Crippen molar-refractivity contribution in [2.75, 3.05) is 7.11 Å². The fraction of sp³-hybridized carbons (Fsp3) is 0.154. The van der Waals surface area contributed by atoms with Crippen molar-refractivity contribution in [3.05, 3.63) is 46.7 Å². The number of alkyl halides is 2. The Morgan fingerprint density at radius 1 is 1.30 bits per heavy atom. The van der Waals surface area contributed by atoms with E-state index >= 15 is 0 Å². The number of rotatable bonds is 3. The summed E-state index contributed by atoms with van der Waals surface area (Å²) in [6.45, 7) is 0. The van der Waals surface area contributed by atoms with Crippen molar-refractivity contribution >= 4 is 17.6 Å². The molecule has 0 amide bonds. The summed E-state index contributed by atoms with van der Waals surface area (Å²) in [6.07, 6.45) is -1.28. The van der Waals surface area contributed by atoms with Gasteiger partial charge in [-0.25, -0.2) is 23.5 Å². The topological polar surface area (TPSA) is 52.1 Å². The highest BCUT2D eigenvalue weighted by atomic mass is 35.5. The van der Waals surface area contributed by atoms with Gasteiger partial charge in [-0.05, 0) is 0 Å². The maximum absolute atomic E-state index is 12.5. The van der Waals surface area contributed by atoms with Gasteiger partial charge in [0.05, 0.1) is 18.3 Å². The molecule has 0 N–H and O–H groups in total. The lowest BCUT2D eigenvalue weighted by molar-refractivity contribution is 0.0594. The zero-order valence-corrected chi connectivity index (χ0v) is 11.1. The molecule has 4 nitrogen and oxygen atoms in total. The second-order valence-electron chi connectivity index (χ2n) is 3.80. The summed E-state index contributed by atoms with van der Waals surface area (Å²) in [7, 11) is 1.21. The number of hydrogen-bond donors (Lipinski definition) is 0. The van der Waals surface area contributed by atoms with Gasteiger partial charge in [0.2, 0.25) is 0 Å². The van der Waals surface area contributed by atoms with E-state index in [1.54, 1.807) is 0 Å². The second-order valence-corrected chi connectivity index (χ2v) is 4.21. The summed E-state index contributed by atoms with van der Waals surface area (Å²) in [4.78, 5) is 19.4. The van der Waals surface area contributed by atoms with Crippen molar-refractivity contribution in [2.24, 2.45) is 0 Å². The number of carbonyl (C=O) groups excluding carboxylic acids is 1. The van der Waals surface area contributed by atoms with Crippen molar-refractivity contribution in [2.45, 2.75) is 6.43 Å². The lowest BCUT2D eigenvalue weighted by Crippen LogP contribution is -2.07. The molecule has 1 aromatic heterocycles. The van der Waals surface area contributed by atoms with Crippen molar-refractivity contribution in [1.29, 1.82) is 0 Å². The van der Waals surface area contributed by atoms with E-state index in [1.165, 1.54) is 37.6 Å². The Balaban J connectivity index is 2.40. The van der Waals surface area contributed by atoms with E-state index in [9.17, 15) is 13.6 Å². The summed E-state index contributed by atoms with van der Waals surface area (Å²) in [6, 6.07) is 5.45. The van der Waals surface area contributed by atoms with Gasteiger partial charge in [-0.2, -0.15) is 0 Å². The summed E-state index contributed by atoms with van der Waals surface area (Å²) in [5.41, 5.74) is 0.323. The van der Waals surface area contributed by atoms with Crippen LogP contribution < -0.4 is 0 Å². The fourth-order valence-corrected chi connectivity index (χ4v) is 1.69. The van der Waals surface area contributed by atoms with Crippen LogP contribution in [0.5, 0.6) is 0 Å². The highest BCUT2D eigenvalue weighted by Gasteiger charge is 2.15. The lowest BCUT2D eigenvalue weighted by Gasteiger charge is -2.05. The average molecular weight is 299 g/mol. The van der Waals surface area contributed by atoms with Crippen LogP contribution in [0.15, 0.2) is 30.5 Å². The van der Waals surface area contributed by atoms with E-state index in [4.69, 9.17) is 11.6 Å². The Morgan fingerprint density at radius 2 is 1.95 bits per heavy atom. The fourth-order valence-electron chi connectivity index (χ4n) is 1.52. The van der Waals surface area contributed by atoms with E-state index in [2.05, 4.69) is 14.7 Å². The van der Waals surface area contributed by atoms with Gasteiger partial charge in [0.25, 0.3) is 6.43 Å². The molecule has 1 aromatic carbocycles. The van der Waals surface area contributed by atoms with Crippen molar-refractivity contribution in [1.82, 2.24) is 9.97 Å². The first-order valence-electron chi connectivity index (χ1n) is 5.52. The Labute approximate surface area is 118 Å². The predicted molar refractivity (Wildman–Crippen MR) is 68.8 cm³/mol. The molecule has 0 aliphatic heterocycles. The number of halogens is 3. The Kier molecular flexibility index (Phi) is 4.24. The molecule has 7 heteroatoms. The molecule has 0 unspecified atom stereocenters. The summed E-state index contributed by atoms with van der Waals surface area (Å²) in [5, 5.41) is 0.0600. The zero-order chi connectivity index (χ0) is 14.7. The van der Waals surface area contributed by atoms with Gasteiger partial charge in [0, 0.05) is 11.1 Å². The number of esters is 1. The molecular formula is C13H9ClF2N2O2. The molecule has 0 radical (unpaired) electrons. The number of nitrogens with zero attached hydrogens (tertiary/aromatic N) is 2. The maximum Gasteiger partial charge on any atom is 0.358 e. The molecule has 0 aliphatic carbocycles. The van der Waals surface area contributed by atoms with Crippen LogP contribution >= 0.6 is 11.6 Å². The molecule has 0 atom stereocenters. The van der Waals surface area contributed by atoms with Crippen LogP contribution in [0.4, 0.5) is 8.78 Å². The van der Waals surface area contributed by atoms with Gasteiger partial charge >= 0.3 is 5.97 Å². The van der Waals surface area contributed by atoms with Crippen LogP contribution in [0.2, 0.25) is 5.02 Å². The number of hydrogen-bond acceptors (Lipinski definition) is 4. The minimum Gasteiger partial charge on any atom is -0.464 e. The molecule has 0 fully saturated rings.